The fraction of sp³-hybridized carbons (Fsp3) is 0.192. The van der Waals surface area contributed by atoms with Gasteiger partial charge in [-0.2, -0.15) is 11.3 Å². The van der Waals surface area contributed by atoms with E-state index < -0.39 is 5.41 Å². The van der Waals surface area contributed by atoms with Gasteiger partial charge >= 0.3 is 0 Å². The molecular formula is C26H23N3O2S. The number of allylic oxidation sites excluding steroid dienone is 1. The number of thiophene rings is 1. The van der Waals surface area contributed by atoms with Crippen LogP contribution in [0.4, 0.5) is 11.4 Å². The number of hydrogen-bond donors (Lipinski definition) is 2. The first-order valence-corrected chi connectivity index (χ1v) is 11.5. The molecule has 160 valence electrons. The molecule has 5 rings (SSSR count). The van der Waals surface area contributed by atoms with Gasteiger partial charge in [0, 0.05) is 40.3 Å². The molecule has 0 saturated heterocycles. The molecule has 0 fully saturated rings. The molecule has 32 heavy (non-hydrogen) atoms. The Bertz CT molecular complexity index is 1360. The molecule has 4 aromatic rings. The van der Waals surface area contributed by atoms with Gasteiger partial charge in [-0.25, -0.2) is 4.79 Å². The number of fused-ring (bicyclic) bond motifs is 2. The number of nitrogens with one attached hydrogen (secondary N) is 2. The predicted octanol–water partition coefficient (Wildman–Crippen LogP) is 5.54. The Hall–Kier alpha value is -3.60. The number of H-pyrrole nitrogens is 1. The van der Waals surface area contributed by atoms with Crippen molar-refractivity contribution in [2.45, 2.75) is 25.7 Å². The molecule has 0 atom stereocenters. The first-order chi connectivity index (χ1) is 15.5. The van der Waals surface area contributed by atoms with Crippen LogP contribution in [0.25, 0.3) is 10.9 Å². The molecule has 2 aromatic carbocycles. The number of rotatable bonds is 5. The second-order valence-electron chi connectivity index (χ2n) is 8.54. The third-order valence-electron chi connectivity index (χ3n) is 6.22. The van der Waals surface area contributed by atoms with Crippen LogP contribution in [0.2, 0.25) is 0 Å². The van der Waals surface area contributed by atoms with E-state index in [1.165, 1.54) is 5.56 Å². The Kier molecular flexibility index (Phi) is 4.97. The van der Waals surface area contributed by atoms with E-state index in [0.717, 1.165) is 34.3 Å². The van der Waals surface area contributed by atoms with Crippen LogP contribution >= 0.6 is 11.3 Å². The smallest absolute Gasteiger partial charge is 0.255 e. The van der Waals surface area contributed by atoms with Crippen LogP contribution in [-0.2, 0) is 16.6 Å². The monoisotopic (exact) mass is 441 g/mol. The number of carbonyl (C=O) groups is 1. The lowest BCUT2D eigenvalue weighted by Crippen LogP contribution is -2.28. The second-order valence-corrected chi connectivity index (χ2v) is 9.32. The second kappa shape index (κ2) is 7.83. The molecule has 0 spiro atoms. The third kappa shape index (κ3) is 3.34. The van der Waals surface area contributed by atoms with Crippen LogP contribution in [0, 0.1) is 0 Å². The number of amides is 1. The summed E-state index contributed by atoms with van der Waals surface area (Å²) < 4.78 is 0. The minimum atomic E-state index is -0.461. The number of para-hydroxylation sites is 1. The summed E-state index contributed by atoms with van der Waals surface area (Å²) >= 11 is 1.66. The molecule has 2 aromatic heterocycles. The lowest BCUT2D eigenvalue weighted by Gasteiger charge is -2.23. The molecule has 0 aliphatic carbocycles. The van der Waals surface area contributed by atoms with Crippen molar-refractivity contribution >= 4 is 45.5 Å². The van der Waals surface area contributed by atoms with E-state index in [2.05, 4.69) is 33.1 Å². The van der Waals surface area contributed by atoms with E-state index in [0.29, 0.717) is 17.8 Å². The lowest BCUT2D eigenvalue weighted by molar-refractivity contribution is 0.102. The highest BCUT2D eigenvalue weighted by Gasteiger charge is 2.41. The molecule has 1 amide bonds. The van der Waals surface area contributed by atoms with Gasteiger partial charge in [0.1, 0.15) is 11.6 Å². The highest BCUT2D eigenvalue weighted by molar-refractivity contribution is 7.07. The third-order valence-corrected chi connectivity index (χ3v) is 6.96. The summed E-state index contributed by atoms with van der Waals surface area (Å²) in [6.45, 7) is 4.72. The molecule has 6 heteroatoms. The van der Waals surface area contributed by atoms with E-state index in [1.54, 1.807) is 17.5 Å². The first kappa shape index (κ1) is 20.3. The van der Waals surface area contributed by atoms with Crippen molar-refractivity contribution in [1.82, 2.24) is 4.98 Å². The first-order valence-electron chi connectivity index (χ1n) is 10.6. The van der Waals surface area contributed by atoms with Crippen molar-refractivity contribution < 1.29 is 9.59 Å². The van der Waals surface area contributed by atoms with Crippen LogP contribution in [0.3, 0.4) is 0 Å². The van der Waals surface area contributed by atoms with E-state index in [-0.39, 0.29) is 5.91 Å². The van der Waals surface area contributed by atoms with Gasteiger partial charge in [0.25, 0.3) is 5.91 Å². The summed E-state index contributed by atoms with van der Waals surface area (Å²) in [5.74, 6) is 1.99. The summed E-state index contributed by atoms with van der Waals surface area (Å²) in [6.07, 6.45) is 2.62. The molecule has 0 saturated carbocycles. The van der Waals surface area contributed by atoms with Gasteiger partial charge in [0.2, 0.25) is 0 Å². The van der Waals surface area contributed by atoms with Crippen LogP contribution < -0.4 is 10.2 Å². The van der Waals surface area contributed by atoms with Crippen molar-refractivity contribution in [3.63, 3.8) is 0 Å². The van der Waals surface area contributed by atoms with Crippen molar-refractivity contribution in [2.75, 3.05) is 16.8 Å². The standard InChI is InChI=1S/C26H23N3O2S/c1-26(2)20-8-7-18(25(31)28-22-14-27-21-6-4-3-5-19(21)22)13-23(20)29(24(26)15-30)11-9-17-10-12-32-16-17/h3-8,10,12-14,16,27H,9,11H2,1-2H3,(H,28,31). The number of anilines is 2. The van der Waals surface area contributed by atoms with Crippen LogP contribution in [0.15, 0.2) is 71.2 Å². The number of benzene rings is 2. The van der Waals surface area contributed by atoms with E-state index in [9.17, 15) is 9.59 Å². The fourth-order valence-corrected chi connectivity index (χ4v) is 5.17. The average molecular weight is 442 g/mol. The summed E-state index contributed by atoms with van der Waals surface area (Å²) in [7, 11) is 0. The zero-order valence-corrected chi connectivity index (χ0v) is 18.8. The Morgan fingerprint density at radius 3 is 2.81 bits per heavy atom. The van der Waals surface area contributed by atoms with Crippen molar-refractivity contribution in [3.8, 4) is 0 Å². The van der Waals surface area contributed by atoms with Gasteiger partial charge < -0.3 is 15.2 Å². The van der Waals surface area contributed by atoms with Crippen molar-refractivity contribution in [3.05, 3.63) is 87.9 Å². The number of nitrogens with zero attached hydrogens (tertiary/aromatic N) is 1. The summed E-state index contributed by atoms with van der Waals surface area (Å²) in [5.41, 5.74) is 5.58. The topological polar surface area (TPSA) is 65.2 Å². The minimum absolute atomic E-state index is 0.184. The van der Waals surface area contributed by atoms with Gasteiger partial charge in [-0.3, -0.25) is 4.79 Å². The lowest BCUT2D eigenvalue weighted by atomic mass is 9.84. The number of aromatic nitrogens is 1. The van der Waals surface area contributed by atoms with E-state index in [4.69, 9.17) is 0 Å². The quantitative estimate of drug-likeness (QED) is 0.400. The Morgan fingerprint density at radius 1 is 1.19 bits per heavy atom. The minimum Gasteiger partial charge on any atom is -0.359 e. The zero-order valence-electron chi connectivity index (χ0n) is 17.9. The maximum absolute atomic E-state index is 13.1. The van der Waals surface area contributed by atoms with Crippen molar-refractivity contribution in [1.29, 1.82) is 0 Å². The van der Waals surface area contributed by atoms with Crippen LogP contribution in [0.1, 0.15) is 35.3 Å². The largest absolute Gasteiger partial charge is 0.359 e. The average Bonchev–Trinajstić information content (AvgIpc) is 3.50. The fourth-order valence-electron chi connectivity index (χ4n) is 4.47. The maximum atomic E-state index is 13.1. The molecule has 5 nitrogen and oxygen atoms in total. The molecule has 0 unspecified atom stereocenters. The normalized spacial score (nSPS) is 14.4. The van der Waals surface area contributed by atoms with Crippen molar-refractivity contribution in [2.24, 2.45) is 0 Å². The predicted molar refractivity (Wildman–Crippen MR) is 130 cm³/mol. The Labute approximate surface area is 190 Å². The SMILES string of the molecule is CC1(C)C(=C=O)N(CCc2ccsc2)c2cc(C(=O)Nc3c[nH]c4ccccc34)ccc21. The Balaban J connectivity index is 1.47. The van der Waals surface area contributed by atoms with Gasteiger partial charge in [0.15, 0.2) is 0 Å². The molecule has 0 radical (unpaired) electrons. The molecule has 1 aliphatic rings. The van der Waals surface area contributed by atoms with Crippen LogP contribution in [-0.4, -0.2) is 23.4 Å². The zero-order chi connectivity index (χ0) is 22.3. The van der Waals surface area contributed by atoms with Gasteiger partial charge in [-0.15, -0.1) is 0 Å². The highest BCUT2D eigenvalue weighted by atomic mass is 32.1. The highest BCUT2D eigenvalue weighted by Crippen LogP contribution is 2.47. The van der Waals surface area contributed by atoms with E-state index >= 15 is 0 Å². The molecule has 2 N–H and O–H groups in total. The summed E-state index contributed by atoms with van der Waals surface area (Å²) in [6, 6.07) is 15.6. The van der Waals surface area contributed by atoms with Crippen LogP contribution in [0.5, 0.6) is 0 Å². The summed E-state index contributed by atoms with van der Waals surface area (Å²) in [5, 5.41) is 8.16. The molecule has 0 bridgehead atoms. The van der Waals surface area contributed by atoms with Gasteiger partial charge in [0.05, 0.1) is 5.69 Å². The molecule has 3 heterocycles. The van der Waals surface area contributed by atoms with Gasteiger partial charge in [-0.05, 0) is 66.4 Å². The number of aromatic amines is 1. The Morgan fingerprint density at radius 2 is 2.03 bits per heavy atom. The van der Waals surface area contributed by atoms with Gasteiger partial charge in [-0.1, -0.05) is 24.3 Å². The van der Waals surface area contributed by atoms with E-state index in [1.807, 2.05) is 61.2 Å². The number of carbonyl (C=O) groups excluding carboxylic acids is 2. The molecular weight excluding hydrogens is 418 g/mol. The number of hydrogen-bond acceptors (Lipinski definition) is 4. The maximum Gasteiger partial charge on any atom is 0.255 e. The summed E-state index contributed by atoms with van der Waals surface area (Å²) in [4.78, 5) is 30.2. The molecule has 1 aliphatic heterocycles.